The summed E-state index contributed by atoms with van der Waals surface area (Å²) in [4.78, 5) is 28.0. The Bertz CT molecular complexity index is 1040. The number of hydrogen-bond donors (Lipinski definition) is 0. The molecule has 2 aliphatic rings. The molecule has 2 atom stereocenters. The van der Waals surface area contributed by atoms with E-state index in [2.05, 4.69) is 25.9 Å². The Morgan fingerprint density at radius 1 is 1.12 bits per heavy atom. The molecule has 128 valence electrons. The predicted octanol–water partition coefficient (Wildman–Crippen LogP) is 2.02. The van der Waals surface area contributed by atoms with Crippen molar-refractivity contribution in [3.8, 4) is 0 Å². The van der Waals surface area contributed by atoms with Gasteiger partial charge >= 0.3 is 0 Å². The summed E-state index contributed by atoms with van der Waals surface area (Å²) in [5.74, 6) is 2.90. The molecule has 0 aliphatic carbocycles. The van der Waals surface area contributed by atoms with Gasteiger partial charge in [0.1, 0.15) is 5.82 Å². The molecule has 0 saturated carbocycles. The van der Waals surface area contributed by atoms with Crippen molar-refractivity contribution in [2.75, 3.05) is 18.0 Å². The van der Waals surface area contributed by atoms with Crippen LogP contribution in [0.1, 0.15) is 29.7 Å². The van der Waals surface area contributed by atoms with Crippen LogP contribution in [0.15, 0.2) is 27.4 Å². The molecule has 7 heteroatoms. The van der Waals surface area contributed by atoms with Gasteiger partial charge in [-0.25, -0.2) is 9.97 Å². The second-order valence-electron chi connectivity index (χ2n) is 7.08. The summed E-state index contributed by atoms with van der Waals surface area (Å²) in [7, 11) is 0. The van der Waals surface area contributed by atoms with Crippen molar-refractivity contribution in [1.82, 2.24) is 19.5 Å². The van der Waals surface area contributed by atoms with Crippen LogP contribution in [0.4, 0.5) is 5.82 Å². The Morgan fingerprint density at radius 3 is 2.88 bits per heavy atom. The maximum atomic E-state index is 12.2. The highest BCUT2D eigenvalue weighted by molar-refractivity contribution is 5.82. The van der Waals surface area contributed by atoms with Crippen molar-refractivity contribution in [1.29, 1.82) is 0 Å². The summed E-state index contributed by atoms with van der Waals surface area (Å²) in [6.45, 7) is 6.17. The summed E-state index contributed by atoms with van der Waals surface area (Å²) < 4.78 is 7.55. The van der Waals surface area contributed by atoms with Crippen LogP contribution in [-0.2, 0) is 6.54 Å². The highest BCUT2D eigenvalue weighted by Gasteiger charge is 2.36. The van der Waals surface area contributed by atoms with Gasteiger partial charge < -0.3 is 13.9 Å². The molecule has 0 spiro atoms. The summed E-state index contributed by atoms with van der Waals surface area (Å²) in [5.41, 5.74) is 2.51. The smallest absolute Gasteiger partial charge is 0.252 e. The standard InChI is InChI=1S/C18H19N5O2/c1-10-19-17(16-18(20-10)25-11(2)21-16)22-7-12-6-13(9-22)14-4-3-5-15(24)23(14)8-12/h3-5,12-13H,6-9H2,1-2H3/t12-,13+/m1/s1. The highest BCUT2D eigenvalue weighted by atomic mass is 16.4. The molecule has 7 nitrogen and oxygen atoms in total. The van der Waals surface area contributed by atoms with Gasteiger partial charge in [0.2, 0.25) is 0 Å². The first-order valence-electron chi connectivity index (χ1n) is 8.65. The van der Waals surface area contributed by atoms with Crippen molar-refractivity contribution in [3.63, 3.8) is 0 Å². The summed E-state index contributed by atoms with van der Waals surface area (Å²) >= 11 is 0. The van der Waals surface area contributed by atoms with Gasteiger partial charge in [-0.3, -0.25) is 4.79 Å². The Balaban J connectivity index is 1.59. The summed E-state index contributed by atoms with van der Waals surface area (Å²) in [6, 6.07) is 5.59. The molecule has 0 aromatic carbocycles. The van der Waals surface area contributed by atoms with Crippen LogP contribution in [0.5, 0.6) is 0 Å². The number of fused-ring (bicyclic) bond motifs is 5. The van der Waals surface area contributed by atoms with Gasteiger partial charge in [-0.1, -0.05) is 6.07 Å². The van der Waals surface area contributed by atoms with Crippen molar-refractivity contribution in [2.45, 2.75) is 32.7 Å². The third kappa shape index (κ3) is 2.26. The number of aromatic nitrogens is 4. The van der Waals surface area contributed by atoms with Gasteiger partial charge in [0.25, 0.3) is 11.3 Å². The topological polar surface area (TPSA) is 77.0 Å². The van der Waals surface area contributed by atoms with E-state index in [9.17, 15) is 4.79 Å². The van der Waals surface area contributed by atoms with Crippen molar-refractivity contribution in [2.24, 2.45) is 5.92 Å². The first-order chi connectivity index (χ1) is 12.1. The van der Waals surface area contributed by atoms with E-state index < -0.39 is 0 Å². The summed E-state index contributed by atoms with van der Waals surface area (Å²) in [6.07, 6.45) is 1.12. The molecule has 3 aromatic rings. The lowest BCUT2D eigenvalue weighted by Crippen LogP contribution is -2.47. The largest absolute Gasteiger partial charge is 0.422 e. The number of rotatable bonds is 1. The first-order valence-corrected chi connectivity index (χ1v) is 8.65. The monoisotopic (exact) mass is 337 g/mol. The lowest BCUT2D eigenvalue weighted by atomic mass is 9.83. The maximum absolute atomic E-state index is 12.2. The fourth-order valence-corrected chi connectivity index (χ4v) is 4.31. The van der Waals surface area contributed by atoms with Gasteiger partial charge in [-0.15, -0.1) is 0 Å². The third-order valence-corrected chi connectivity index (χ3v) is 5.24. The van der Waals surface area contributed by atoms with Gasteiger partial charge in [-0.2, -0.15) is 4.98 Å². The lowest BCUT2D eigenvalue weighted by molar-refractivity contribution is 0.281. The van der Waals surface area contributed by atoms with Gasteiger partial charge in [-0.05, 0) is 25.3 Å². The third-order valence-electron chi connectivity index (χ3n) is 5.24. The second kappa shape index (κ2) is 5.15. The molecule has 5 rings (SSSR count). The van der Waals surface area contributed by atoms with E-state index in [1.54, 1.807) is 6.07 Å². The number of pyridine rings is 1. The average molecular weight is 337 g/mol. The minimum absolute atomic E-state index is 0.105. The van der Waals surface area contributed by atoms with Crippen LogP contribution in [-0.4, -0.2) is 32.6 Å². The van der Waals surface area contributed by atoms with E-state index in [0.717, 1.165) is 43.1 Å². The zero-order valence-corrected chi connectivity index (χ0v) is 14.3. The normalized spacial score (nSPS) is 22.2. The quantitative estimate of drug-likeness (QED) is 0.676. The fraction of sp³-hybridized carbons (Fsp3) is 0.444. The van der Waals surface area contributed by atoms with Crippen molar-refractivity contribution >= 4 is 17.0 Å². The molecular formula is C18H19N5O2. The molecule has 5 heterocycles. The van der Waals surface area contributed by atoms with Gasteiger partial charge in [0.05, 0.1) is 0 Å². The molecule has 0 radical (unpaired) electrons. The summed E-state index contributed by atoms with van der Waals surface area (Å²) in [5, 5.41) is 0. The lowest BCUT2D eigenvalue weighted by Gasteiger charge is -2.43. The molecule has 2 bridgehead atoms. The Labute approximate surface area is 144 Å². The highest BCUT2D eigenvalue weighted by Crippen LogP contribution is 2.37. The van der Waals surface area contributed by atoms with E-state index in [-0.39, 0.29) is 5.56 Å². The SMILES string of the molecule is Cc1nc(N2C[C@H]3C[C@@H](C2)c2cccc(=O)n2C3)c2nc(C)oc2n1. The predicted molar refractivity (Wildman–Crippen MR) is 92.8 cm³/mol. The maximum Gasteiger partial charge on any atom is 0.252 e. The molecule has 2 aliphatic heterocycles. The Morgan fingerprint density at radius 2 is 2.00 bits per heavy atom. The first kappa shape index (κ1) is 14.6. The van der Waals surface area contributed by atoms with Crippen LogP contribution >= 0.6 is 0 Å². The van der Waals surface area contributed by atoms with Crippen molar-refractivity contribution < 1.29 is 4.42 Å². The van der Waals surface area contributed by atoms with Crippen LogP contribution in [0, 0.1) is 19.8 Å². The van der Waals surface area contributed by atoms with E-state index in [0.29, 0.717) is 29.3 Å². The number of aryl methyl sites for hydroxylation is 2. The average Bonchev–Trinajstić information content (AvgIpc) is 2.95. The van der Waals surface area contributed by atoms with Crippen LogP contribution in [0.3, 0.4) is 0 Å². The molecule has 3 aromatic heterocycles. The molecule has 1 saturated heterocycles. The molecular weight excluding hydrogens is 318 g/mol. The van der Waals surface area contributed by atoms with E-state index >= 15 is 0 Å². The molecule has 1 fully saturated rings. The van der Waals surface area contributed by atoms with Crippen LogP contribution < -0.4 is 10.5 Å². The second-order valence-corrected chi connectivity index (χ2v) is 7.08. The van der Waals surface area contributed by atoms with E-state index in [4.69, 9.17) is 4.42 Å². The van der Waals surface area contributed by atoms with E-state index in [1.165, 1.54) is 0 Å². The van der Waals surface area contributed by atoms with Gasteiger partial charge in [0, 0.05) is 44.2 Å². The Kier molecular flexibility index (Phi) is 3.01. The number of anilines is 1. The molecule has 0 N–H and O–H groups in total. The Hall–Kier alpha value is -2.70. The molecule has 25 heavy (non-hydrogen) atoms. The minimum atomic E-state index is 0.105. The number of oxazole rings is 1. The number of hydrogen-bond acceptors (Lipinski definition) is 6. The minimum Gasteiger partial charge on any atom is -0.422 e. The van der Waals surface area contributed by atoms with Gasteiger partial charge in [0.15, 0.2) is 17.2 Å². The fourth-order valence-electron chi connectivity index (χ4n) is 4.31. The molecule has 0 amide bonds. The van der Waals surface area contributed by atoms with E-state index in [1.807, 2.05) is 24.5 Å². The van der Waals surface area contributed by atoms with Crippen LogP contribution in [0.2, 0.25) is 0 Å². The zero-order valence-electron chi connectivity index (χ0n) is 14.3. The number of nitrogens with zero attached hydrogens (tertiary/aromatic N) is 5. The number of piperidine rings is 1. The van der Waals surface area contributed by atoms with Crippen molar-refractivity contribution in [3.05, 3.63) is 46.0 Å². The molecule has 0 unspecified atom stereocenters. The zero-order chi connectivity index (χ0) is 17.1. The van der Waals surface area contributed by atoms with Crippen LogP contribution in [0.25, 0.3) is 11.2 Å².